The molecule has 0 spiro atoms. The van der Waals surface area contributed by atoms with Crippen molar-refractivity contribution in [3.8, 4) is 0 Å². The van der Waals surface area contributed by atoms with Gasteiger partial charge in [0, 0.05) is 3.57 Å². The van der Waals surface area contributed by atoms with Gasteiger partial charge in [-0.1, -0.05) is 12.1 Å². The van der Waals surface area contributed by atoms with E-state index in [2.05, 4.69) is 10.6 Å². The topological polar surface area (TPSA) is 116 Å². The number of nitrogens with one attached hydrogen (secondary N) is 2. The number of carbonyl (C=O) groups excluding carboxylic acids is 1. The third-order valence-corrected chi connectivity index (χ3v) is 3.04. The Morgan fingerprint density at radius 1 is 1.21 bits per heavy atom. The molecule has 0 aliphatic rings. The Bertz CT molecular complexity index is 506. The van der Waals surface area contributed by atoms with E-state index in [0.717, 1.165) is 3.57 Å². The lowest BCUT2D eigenvalue weighted by atomic mass is 10.2. The number of rotatable bonds is 5. The Kier molecular flexibility index (Phi) is 5.55. The van der Waals surface area contributed by atoms with E-state index in [-0.39, 0.29) is 0 Å². The lowest BCUT2D eigenvalue weighted by Crippen LogP contribution is -2.44. The summed E-state index contributed by atoms with van der Waals surface area (Å²) in [6.07, 6.45) is -0.686. The van der Waals surface area contributed by atoms with Gasteiger partial charge in [-0.2, -0.15) is 0 Å². The van der Waals surface area contributed by atoms with Gasteiger partial charge in [0.25, 0.3) is 0 Å². The fraction of sp³-hybridized carbons (Fsp3) is 0.182. The SMILES string of the molecule is O=C(O)C[C@@H](NC(=O)Nc1ccccc1I)C(=O)O. The van der Waals surface area contributed by atoms with E-state index in [0.29, 0.717) is 5.69 Å². The van der Waals surface area contributed by atoms with Crippen molar-refractivity contribution in [3.63, 3.8) is 0 Å². The molecule has 1 atom stereocenters. The van der Waals surface area contributed by atoms with E-state index in [1.807, 2.05) is 22.6 Å². The van der Waals surface area contributed by atoms with Crippen LogP contribution in [0.25, 0.3) is 0 Å². The highest BCUT2D eigenvalue weighted by Gasteiger charge is 2.23. The number of urea groups is 1. The molecule has 0 aliphatic carbocycles. The summed E-state index contributed by atoms with van der Waals surface area (Å²) in [6.45, 7) is 0. The fourth-order valence-corrected chi connectivity index (χ4v) is 1.78. The summed E-state index contributed by atoms with van der Waals surface area (Å²) >= 11 is 2.01. The molecule has 1 rings (SSSR count). The maximum Gasteiger partial charge on any atom is 0.326 e. The molecule has 0 unspecified atom stereocenters. The Balaban J connectivity index is 2.65. The molecule has 0 aliphatic heterocycles. The van der Waals surface area contributed by atoms with Gasteiger partial charge < -0.3 is 20.8 Å². The minimum Gasteiger partial charge on any atom is -0.481 e. The van der Waals surface area contributed by atoms with Gasteiger partial charge in [-0.25, -0.2) is 9.59 Å². The zero-order valence-corrected chi connectivity index (χ0v) is 11.7. The van der Waals surface area contributed by atoms with E-state index in [1.165, 1.54) is 0 Å². The minimum absolute atomic E-state index is 0.514. The first-order valence-electron chi connectivity index (χ1n) is 5.17. The highest BCUT2D eigenvalue weighted by atomic mass is 127. The maximum absolute atomic E-state index is 11.6. The molecule has 19 heavy (non-hydrogen) atoms. The van der Waals surface area contributed by atoms with Crippen molar-refractivity contribution in [2.45, 2.75) is 12.5 Å². The molecule has 2 amide bonds. The second kappa shape index (κ2) is 6.92. The van der Waals surface area contributed by atoms with Crippen molar-refractivity contribution in [2.75, 3.05) is 5.32 Å². The van der Waals surface area contributed by atoms with E-state index < -0.39 is 30.4 Å². The third-order valence-electron chi connectivity index (χ3n) is 2.10. The lowest BCUT2D eigenvalue weighted by Gasteiger charge is -2.13. The number of halogens is 1. The van der Waals surface area contributed by atoms with Crippen LogP contribution in [0.3, 0.4) is 0 Å². The largest absolute Gasteiger partial charge is 0.481 e. The Morgan fingerprint density at radius 2 is 1.84 bits per heavy atom. The van der Waals surface area contributed by atoms with Crippen molar-refractivity contribution < 1.29 is 24.6 Å². The van der Waals surface area contributed by atoms with Crippen LogP contribution in [0.4, 0.5) is 10.5 Å². The van der Waals surface area contributed by atoms with Crippen molar-refractivity contribution in [1.29, 1.82) is 0 Å². The molecule has 0 heterocycles. The average molecular weight is 378 g/mol. The van der Waals surface area contributed by atoms with Crippen LogP contribution in [-0.4, -0.2) is 34.2 Å². The average Bonchev–Trinajstić information content (AvgIpc) is 2.30. The molecule has 0 saturated heterocycles. The molecule has 0 radical (unpaired) electrons. The van der Waals surface area contributed by atoms with Crippen LogP contribution in [0.5, 0.6) is 0 Å². The van der Waals surface area contributed by atoms with Gasteiger partial charge in [0.15, 0.2) is 0 Å². The van der Waals surface area contributed by atoms with E-state index in [4.69, 9.17) is 10.2 Å². The van der Waals surface area contributed by atoms with Crippen LogP contribution in [0.15, 0.2) is 24.3 Å². The molecule has 0 bridgehead atoms. The van der Waals surface area contributed by atoms with Crippen molar-refractivity contribution in [2.24, 2.45) is 0 Å². The summed E-state index contributed by atoms with van der Waals surface area (Å²) in [5.41, 5.74) is 0.514. The van der Waals surface area contributed by atoms with E-state index in [9.17, 15) is 14.4 Å². The normalized spacial score (nSPS) is 11.4. The molecular weight excluding hydrogens is 367 g/mol. The number of carboxylic acids is 2. The number of aliphatic carboxylic acids is 2. The van der Waals surface area contributed by atoms with E-state index in [1.54, 1.807) is 24.3 Å². The Hall–Kier alpha value is -1.84. The zero-order chi connectivity index (χ0) is 14.4. The Labute approximate surface area is 122 Å². The quantitative estimate of drug-likeness (QED) is 0.578. The number of benzene rings is 1. The molecule has 0 saturated carbocycles. The smallest absolute Gasteiger partial charge is 0.326 e. The third kappa shape index (κ3) is 5.12. The van der Waals surface area contributed by atoms with Gasteiger partial charge in [-0.05, 0) is 34.7 Å². The molecule has 0 aromatic heterocycles. The molecule has 4 N–H and O–H groups in total. The zero-order valence-electron chi connectivity index (χ0n) is 9.59. The first-order chi connectivity index (χ1) is 8.90. The molecule has 7 nitrogen and oxygen atoms in total. The van der Waals surface area contributed by atoms with Gasteiger partial charge in [0.1, 0.15) is 6.04 Å². The highest BCUT2D eigenvalue weighted by molar-refractivity contribution is 14.1. The van der Waals surface area contributed by atoms with Gasteiger partial charge in [-0.15, -0.1) is 0 Å². The molecule has 8 heteroatoms. The van der Waals surface area contributed by atoms with Crippen molar-refractivity contribution in [3.05, 3.63) is 27.8 Å². The summed E-state index contributed by atoms with van der Waals surface area (Å²) in [6, 6.07) is 4.67. The lowest BCUT2D eigenvalue weighted by molar-refractivity contribution is -0.145. The maximum atomic E-state index is 11.6. The second-order valence-electron chi connectivity index (χ2n) is 3.57. The van der Waals surface area contributed by atoms with Crippen LogP contribution in [0.1, 0.15) is 6.42 Å². The van der Waals surface area contributed by atoms with Gasteiger partial charge >= 0.3 is 18.0 Å². The van der Waals surface area contributed by atoms with Crippen LogP contribution in [0, 0.1) is 3.57 Å². The standard InChI is InChI=1S/C11H11IN2O5/c12-6-3-1-2-4-7(6)13-11(19)14-8(10(17)18)5-9(15)16/h1-4,8H,5H2,(H,15,16)(H,17,18)(H2,13,14,19)/t8-/m1/s1. The molecule has 102 valence electrons. The first kappa shape index (κ1) is 15.2. The number of hydrogen-bond donors (Lipinski definition) is 4. The van der Waals surface area contributed by atoms with Gasteiger partial charge in [0.05, 0.1) is 12.1 Å². The first-order valence-corrected chi connectivity index (χ1v) is 6.24. The number of anilines is 1. The predicted octanol–water partition coefficient (Wildman–Crippen LogP) is 1.34. The van der Waals surface area contributed by atoms with Crippen LogP contribution in [-0.2, 0) is 9.59 Å². The second-order valence-corrected chi connectivity index (χ2v) is 4.73. The fourth-order valence-electron chi connectivity index (χ4n) is 1.25. The van der Waals surface area contributed by atoms with Gasteiger partial charge in [-0.3, -0.25) is 4.79 Å². The summed E-state index contributed by atoms with van der Waals surface area (Å²) in [5, 5.41) is 21.9. The number of para-hydroxylation sites is 1. The molecule has 1 aromatic carbocycles. The van der Waals surface area contributed by atoms with E-state index >= 15 is 0 Å². The summed E-state index contributed by atoms with van der Waals surface area (Å²) in [5.74, 6) is -2.71. The number of hydrogen-bond acceptors (Lipinski definition) is 3. The molecular formula is C11H11IN2O5. The van der Waals surface area contributed by atoms with Crippen LogP contribution >= 0.6 is 22.6 Å². The number of carbonyl (C=O) groups is 3. The predicted molar refractivity (Wildman–Crippen MR) is 75.0 cm³/mol. The van der Waals surface area contributed by atoms with Crippen LogP contribution < -0.4 is 10.6 Å². The summed E-state index contributed by atoms with van der Waals surface area (Å²) in [4.78, 5) is 32.8. The monoisotopic (exact) mass is 378 g/mol. The molecule has 1 aromatic rings. The van der Waals surface area contributed by atoms with Crippen LogP contribution in [0.2, 0.25) is 0 Å². The summed E-state index contributed by atoms with van der Waals surface area (Å²) in [7, 11) is 0. The summed E-state index contributed by atoms with van der Waals surface area (Å²) < 4.78 is 0.778. The van der Waals surface area contributed by atoms with Gasteiger partial charge in [0.2, 0.25) is 0 Å². The van der Waals surface area contributed by atoms with Crippen molar-refractivity contribution >= 4 is 46.2 Å². The molecule has 0 fully saturated rings. The number of carboxylic acid groups (broad SMARTS) is 2. The number of amides is 2. The minimum atomic E-state index is -1.47. The van der Waals surface area contributed by atoms with Crippen molar-refractivity contribution in [1.82, 2.24) is 5.32 Å². The Morgan fingerprint density at radius 3 is 2.37 bits per heavy atom. The highest BCUT2D eigenvalue weighted by Crippen LogP contribution is 2.16.